The lowest BCUT2D eigenvalue weighted by atomic mass is 10.1. The second-order valence-corrected chi connectivity index (χ2v) is 5.56. The van der Waals surface area contributed by atoms with E-state index in [-0.39, 0.29) is 0 Å². The first-order valence-electron chi connectivity index (χ1n) is 5.69. The van der Waals surface area contributed by atoms with Crippen molar-refractivity contribution < 1.29 is 0 Å². The molecule has 1 aliphatic heterocycles. The van der Waals surface area contributed by atoms with E-state index in [9.17, 15) is 0 Å². The Morgan fingerprint density at radius 2 is 2.25 bits per heavy atom. The van der Waals surface area contributed by atoms with Crippen LogP contribution in [0.5, 0.6) is 0 Å². The van der Waals surface area contributed by atoms with Crippen molar-refractivity contribution in [2.24, 2.45) is 10.9 Å². The third-order valence-electron chi connectivity index (χ3n) is 2.71. The minimum atomic E-state index is 0.470. The highest BCUT2D eigenvalue weighted by Crippen LogP contribution is 2.24. The predicted molar refractivity (Wildman–Crippen MR) is 73.3 cm³/mol. The molecule has 1 atom stereocenters. The van der Waals surface area contributed by atoms with Crippen molar-refractivity contribution >= 4 is 22.6 Å². The van der Waals surface area contributed by atoms with Crippen molar-refractivity contribution in [2.45, 2.75) is 26.8 Å². The first-order chi connectivity index (χ1) is 7.65. The lowest BCUT2D eigenvalue weighted by molar-refractivity contribution is 0.543. The number of hydrogen-bond acceptors (Lipinski definition) is 3. The average molecular weight is 234 g/mol. The monoisotopic (exact) mass is 234 g/mol. The number of benzene rings is 1. The number of rotatable bonds is 2. The number of aliphatic imine (C=N–C) groups is 1. The fraction of sp³-hybridized carbons (Fsp3) is 0.462. The summed E-state index contributed by atoms with van der Waals surface area (Å²) in [4.78, 5) is 4.68. The van der Waals surface area contributed by atoms with E-state index < -0.39 is 0 Å². The van der Waals surface area contributed by atoms with E-state index in [1.807, 2.05) is 11.8 Å². The van der Waals surface area contributed by atoms with Gasteiger partial charge in [-0.2, -0.15) is 0 Å². The van der Waals surface area contributed by atoms with Crippen molar-refractivity contribution in [1.29, 1.82) is 0 Å². The lowest BCUT2D eigenvalue weighted by Crippen LogP contribution is -2.12. The van der Waals surface area contributed by atoms with Crippen molar-refractivity contribution in [3.05, 3.63) is 29.8 Å². The van der Waals surface area contributed by atoms with Crippen LogP contribution in [-0.2, 0) is 0 Å². The molecule has 2 nitrogen and oxygen atoms in total. The Hall–Kier alpha value is -0.960. The minimum absolute atomic E-state index is 0.470. The van der Waals surface area contributed by atoms with Crippen LogP contribution in [0.3, 0.4) is 0 Å². The van der Waals surface area contributed by atoms with Crippen LogP contribution in [0.1, 0.15) is 19.4 Å². The van der Waals surface area contributed by atoms with E-state index in [0.717, 1.165) is 16.6 Å². The molecule has 1 N–H and O–H groups in total. The van der Waals surface area contributed by atoms with E-state index in [0.29, 0.717) is 12.0 Å². The van der Waals surface area contributed by atoms with Crippen LogP contribution in [0.25, 0.3) is 0 Å². The quantitative estimate of drug-likeness (QED) is 0.846. The van der Waals surface area contributed by atoms with Gasteiger partial charge in [0.25, 0.3) is 0 Å². The maximum absolute atomic E-state index is 4.68. The molecule has 1 aromatic carbocycles. The summed E-state index contributed by atoms with van der Waals surface area (Å²) in [6.45, 7) is 6.56. The smallest absolute Gasteiger partial charge is 0.161 e. The van der Waals surface area contributed by atoms with Gasteiger partial charge in [0, 0.05) is 11.4 Å². The molecule has 86 valence electrons. The number of aryl methyl sites for hydroxylation is 1. The summed E-state index contributed by atoms with van der Waals surface area (Å²) in [5.41, 5.74) is 2.41. The van der Waals surface area contributed by atoms with Gasteiger partial charge < -0.3 is 5.32 Å². The summed E-state index contributed by atoms with van der Waals surface area (Å²) in [6, 6.07) is 8.87. The molecule has 0 aromatic heterocycles. The largest absolute Gasteiger partial charge is 0.335 e. The van der Waals surface area contributed by atoms with Crippen LogP contribution in [0.15, 0.2) is 29.3 Å². The Kier molecular flexibility index (Phi) is 3.54. The summed E-state index contributed by atoms with van der Waals surface area (Å²) >= 11 is 1.82. The van der Waals surface area contributed by atoms with Gasteiger partial charge in [-0.05, 0) is 30.5 Å². The van der Waals surface area contributed by atoms with Gasteiger partial charge in [-0.25, -0.2) is 0 Å². The van der Waals surface area contributed by atoms with Crippen LogP contribution in [0, 0.1) is 12.8 Å². The molecule has 0 aliphatic carbocycles. The maximum Gasteiger partial charge on any atom is 0.161 e. The summed E-state index contributed by atoms with van der Waals surface area (Å²) in [5, 5.41) is 4.44. The van der Waals surface area contributed by atoms with Gasteiger partial charge >= 0.3 is 0 Å². The summed E-state index contributed by atoms with van der Waals surface area (Å²) < 4.78 is 0. The van der Waals surface area contributed by atoms with Crippen LogP contribution in [0.4, 0.5) is 5.69 Å². The highest BCUT2D eigenvalue weighted by atomic mass is 32.2. The third kappa shape index (κ3) is 2.79. The predicted octanol–water partition coefficient (Wildman–Crippen LogP) is 3.53. The first-order valence-corrected chi connectivity index (χ1v) is 6.68. The normalized spacial score (nSPS) is 20.0. The molecule has 0 bridgehead atoms. The number of nitrogens with zero attached hydrogens (tertiary/aromatic N) is 1. The number of hydrogen-bond donors (Lipinski definition) is 1. The minimum Gasteiger partial charge on any atom is -0.335 e. The first kappa shape index (κ1) is 11.5. The summed E-state index contributed by atoms with van der Waals surface area (Å²) in [5.74, 6) is 1.73. The number of amidine groups is 1. The lowest BCUT2D eigenvalue weighted by Gasteiger charge is -2.08. The fourth-order valence-electron chi connectivity index (χ4n) is 1.65. The van der Waals surface area contributed by atoms with Crippen molar-refractivity contribution in [2.75, 3.05) is 11.1 Å². The van der Waals surface area contributed by atoms with E-state index in [2.05, 4.69) is 55.3 Å². The fourth-order valence-corrected chi connectivity index (χ4v) is 2.83. The molecule has 1 heterocycles. The molecule has 0 fully saturated rings. The second-order valence-electron chi connectivity index (χ2n) is 4.55. The number of thioether (sulfide) groups is 1. The van der Waals surface area contributed by atoms with E-state index in [1.54, 1.807) is 0 Å². The zero-order valence-corrected chi connectivity index (χ0v) is 10.8. The molecular formula is C13H18N2S. The highest BCUT2D eigenvalue weighted by Gasteiger charge is 2.20. The Balaban J connectivity index is 2.03. The molecule has 16 heavy (non-hydrogen) atoms. The number of nitrogens with one attached hydrogen (secondary N) is 1. The van der Waals surface area contributed by atoms with Gasteiger partial charge in [0.1, 0.15) is 0 Å². The van der Waals surface area contributed by atoms with Crippen molar-refractivity contribution in [3.63, 3.8) is 0 Å². The zero-order valence-electron chi connectivity index (χ0n) is 10.0. The molecule has 1 unspecified atom stereocenters. The van der Waals surface area contributed by atoms with Crippen molar-refractivity contribution in [3.8, 4) is 0 Å². The van der Waals surface area contributed by atoms with E-state index >= 15 is 0 Å². The Labute approximate surface area is 102 Å². The molecule has 0 radical (unpaired) electrons. The van der Waals surface area contributed by atoms with Crippen LogP contribution in [0.2, 0.25) is 0 Å². The maximum atomic E-state index is 4.68. The molecule has 0 saturated heterocycles. The van der Waals surface area contributed by atoms with Gasteiger partial charge in [-0.1, -0.05) is 37.7 Å². The molecule has 2 rings (SSSR count). The van der Waals surface area contributed by atoms with Crippen LogP contribution in [-0.4, -0.2) is 17.0 Å². The number of anilines is 1. The van der Waals surface area contributed by atoms with Crippen LogP contribution < -0.4 is 5.32 Å². The molecule has 0 saturated carbocycles. The van der Waals surface area contributed by atoms with Gasteiger partial charge in [-0.15, -0.1) is 0 Å². The highest BCUT2D eigenvalue weighted by molar-refractivity contribution is 8.14. The molecular weight excluding hydrogens is 216 g/mol. The summed E-state index contributed by atoms with van der Waals surface area (Å²) in [6.07, 6.45) is 0. The third-order valence-corrected chi connectivity index (χ3v) is 3.70. The van der Waals surface area contributed by atoms with E-state index in [1.165, 1.54) is 5.56 Å². The SMILES string of the molecule is Cc1cccc(NC2=NC(C(C)C)CS2)c1. The average Bonchev–Trinajstić information content (AvgIpc) is 2.66. The molecule has 1 aromatic rings. The van der Waals surface area contributed by atoms with Gasteiger partial charge in [-0.3, -0.25) is 4.99 Å². The van der Waals surface area contributed by atoms with E-state index in [4.69, 9.17) is 0 Å². The van der Waals surface area contributed by atoms with Crippen LogP contribution >= 0.6 is 11.8 Å². The molecule has 1 aliphatic rings. The topological polar surface area (TPSA) is 24.4 Å². The zero-order chi connectivity index (χ0) is 11.5. The Morgan fingerprint density at radius 3 is 2.88 bits per heavy atom. The summed E-state index contributed by atoms with van der Waals surface area (Å²) in [7, 11) is 0. The molecule has 0 amide bonds. The second kappa shape index (κ2) is 4.91. The van der Waals surface area contributed by atoms with Gasteiger partial charge in [0.15, 0.2) is 5.17 Å². The molecule has 0 spiro atoms. The van der Waals surface area contributed by atoms with Crippen molar-refractivity contribution in [1.82, 2.24) is 0 Å². The Bertz CT molecular complexity index is 399. The standard InChI is InChI=1S/C13H18N2S/c1-9(2)12-8-16-13(15-12)14-11-6-4-5-10(3)7-11/h4-7,9,12H,8H2,1-3H3,(H,14,15). The molecule has 3 heteroatoms. The van der Waals surface area contributed by atoms with Gasteiger partial charge in [0.2, 0.25) is 0 Å². The Morgan fingerprint density at radius 1 is 1.44 bits per heavy atom. The van der Waals surface area contributed by atoms with Gasteiger partial charge in [0.05, 0.1) is 6.04 Å².